The Morgan fingerprint density at radius 3 is 2.48 bits per heavy atom. The first kappa shape index (κ1) is 18.7. The number of nitrogens with one attached hydrogen (secondary N) is 1. The number of hydrogen-bond acceptors (Lipinski definition) is 5. The molecule has 25 heavy (non-hydrogen) atoms. The van der Waals surface area contributed by atoms with Crippen LogP contribution in [-0.4, -0.2) is 60.3 Å². The molecular weight excluding hydrogens is 328 g/mol. The minimum atomic E-state index is -1.10. The number of ether oxygens (including phenoxy) is 2. The number of likely N-dealkylation sites (tertiary alicyclic amines) is 1. The molecule has 2 amide bonds. The third kappa shape index (κ3) is 6.80. The van der Waals surface area contributed by atoms with Gasteiger partial charge in [-0.25, -0.2) is 4.79 Å². The Labute approximate surface area is 145 Å². The first-order valence-electron chi connectivity index (χ1n) is 8.10. The summed E-state index contributed by atoms with van der Waals surface area (Å²) in [5.74, 6) is -1.57. The highest BCUT2D eigenvalue weighted by Crippen LogP contribution is 2.15. The molecule has 2 rings (SSSR count). The fourth-order valence-corrected chi connectivity index (χ4v) is 2.43. The maximum Gasteiger partial charge on any atom is 0.410 e. The number of carbonyl (C=O) groups excluding carboxylic acids is 2. The van der Waals surface area contributed by atoms with E-state index in [9.17, 15) is 14.4 Å². The van der Waals surface area contributed by atoms with Crippen molar-refractivity contribution < 1.29 is 29.0 Å². The highest BCUT2D eigenvalue weighted by molar-refractivity contribution is 5.81. The molecule has 0 saturated carbocycles. The molecule has 1 fully saturated rings. The lowest BCUT2D eigenvalue weighted by Gasteiger charge is -2.31. The zero-order chi connectivity index (χ0) is 18.1. The number of carboxylic acids is 1. The summed E-state index contributed by atoms with van der Waals surface area (Å²) in [5, 5.41) is 10.7. The molecule has 0 aromatic heterocycles. The molecule has 0 spiro atoms. The number of rotatable bonds is 7. The predicted molar refractivity (Wildman–Crippen MR) is 87.8 cm³/mol. The van der Waals surface area contributed by atoms with Gasteiger partial charge >= 0.3 is 12.1 Å². The molecule has 1 aliphatic rings. The van der Waals surface area contributed by atoms with E-state index in [1.807, 2.05) is 30.3 Å². The summed E-state index contributed by atoms with van der Waals surface area (Å²) < 4.78 is 10.7. The van der Waals surface area contributed by atoms with Gasteiger partial charge in [-0.1, -0.05) is 30.3 Å². The van der Waals surface area contributed by atoms with Crippen molar-refractivity contribution in [3.63, 3.8) is 0 Å². The third-order valence-corrected chi connectivity index (χ3v) is 3.79. The highest BCUT2D eigenvalue weighted by atomic mass is 16.6. The van der Waals surface area contributed by atoms with Gasteiger partial charge in [0.15, 0.2) is 0 Å². The molecule has 0 bridgehead atoms. The maximum absolute atomic E-state index is 12.0. The van der Waals surface area contributed by atoms with Crippen molar-refractivity contribution in [1.29, 1.82) is 0 Å². The van der Waals surface area contributed by atoms with E-state index >= 15 is 0 Å². The molecule has 0 atom stereocenters. The summed E-state index contributed by atoms with van der Waals surface area (Å²) >= 11 is 0. The summed E-state index contributed by atoms with van der Waals surface area (Å²) in [6, 6.07) is 9.46. The Bertz CT molecular complexity index is 584. The highest BCUT2D eigenvalue weighted by Gasteiger charge is 2.24. The Morgan fingerprint density at radius 2 is 1.84 bits per heavy atom. The van der Waals surface area contributed by atoms with Gasteiger partial charge in [-0.2, -0.15) is 0 Å². The van der Waals surface area contributed by atoms with E-state index in [0.717, 1.165) is 5.56 Å². The average Bonchev–Trinajstić information content (AvgIpc) is 2.64. The first-order chi connectivity index (χ1) is 12.0. The zero-order valence-corrected chi connectivity index (χ0v) is 13.8. The van der Waals surface area contributed by atoms with Gasteiger partial charge < -0.3 is 24.8 Å². The van der Waals surface area contributed by atoms with Crippen molar-refractivity contribution in [3.8, 4) is 0 Å². The monoisotopic (exact) mass is 350 g/mol. The Morgan fingerprint density at radius 1 is 1.16 bits per heavy atom. The molecule has 0 radical (unpaired) electrons. The SMILES string of the molecule is O=C(O)CNC(=O)COC1CCN(C(=O)OCc2ccccc2)CC1. The molecule has 1 aromatic rings. The van der Waals surface area contributed by atoms with Crippen molar-refractivity contribution in [1.82, 2.24) is 10.2 Å². The molecule has 1 saturated heterocycles. The lowest BCUT2D eigenvalue weighted by Crippen LogP contribution is -2.42. The normalized spacial score (nSPS) is 14.8. The Balaban J connectivity index is 1.63. The molecular formula is C17H22N2O6. The van der Waals surface area contributed by atoms with Crippen LogP contribution >= 0.6 is 0 Å². The standard InChI is InChI=1S/C17H22N2O6/c20-15(18-10-16(21)22)12-24-14-6-8-19(9-7-14)17(23)25-11-13-4-2-1-3-5-13/h1-5,14H,6-12H2,(H,18,20)(H,21,22). The number of amides is 2. The van der Waals surface area contributed by atoms with Crippen LogP contribution in [0.3, 0.4) is 0 Å². The van der Waals surface area contributed by atoms with Crippen LogP contribution in [0, 0.1) is 0 Å². The number of piperidine rings is 1. The molecule has 0 aliphatic carbocycles. The fraction of sp³-hybridized carbons (Fsp3) is 0.471. The molecule has 8 nitrogen and oxygen atoms in total. The molecule has 1 aliphatic heterocycles. The van der Waals surface area contributed by atoms with Crippen LogP contribution in [-0.2, 0) is 25.7 Å². The van der Waals surface area contributed by atoms with E-state index in [1.54, 1.807) is 4.90 Å². The van der Waals surface area contributed by atoms with Crippen LogP contribution in [0.4, 0.5) is 4.79 Å². The number of aliphatic carboxylic acids is 1. The Kier molecular flexibility index (Phi) is 7.21. The second-order valence-corrected chi connectivity index (χ2v) is 5.71. The first-order valence-corrected chi connectivity index (χ1v) is 8.10. The molecule has 136 valence electrons. The lowest BCUT2D eigenvalue weighted by atomic mass is 10.1. The van der Waals surface area contributed by atoms with Gasteiger partial charge in [0, 0.05) is 13.1 Å². The van der Waals surface area contributed by atoms with E-state index in [4.69, 9.17) is 14.6 Å². The van der Waals surface area contributed by atoms with E-state index < -0.39 is 18.4 Å². The Hall–Kier alpha value is -2.61. The summed E-state index contributed by atoms with van der Waals surface area (Å²) in [4.78, 5) is 35.4. The molecule has 1 heterocycles. The molecule has 0 unspecified atom stereocenters. The van der Waals surface area contributed by atoms with Gasteiger partial charge in [0.1, 0.15) is 19.8 Å². The van der Waals surface area contributed by atoms with Crippen LogP contribution in [0.5, 0.6) is 0 Å². The van der Waals surface area contributed by atoms with Crippen molar-refractivity contribution in [2.45, 2.75) is 25.6 Å². The minimum Gasteiger partial charge on any atom is -0.480 e. The number of nitrogens with zero attached hydrogens (tertiary/aromatic N) is 1. The van der Waals surface area contributed by atoms with E-state index in [2.05, 4.69) is 5.32 Å². The van der Waals surface area contributed by atoms with Crippen LogP contribution in [0.1, 0.15) is 18.4 Å². The van der Waals surface area contributed by atoms with E-state index in [1.165, 1.54) is 0 Å². The quantitative estimate of drug-likeness (QED) is 0.760. The third-order valence-electron chi connectivity index (χ3n) is 3.79. The largest absolute Gasteiger partial charge is 0.480 e. The average molecular weight is 350 g/mol. The molecule has 8 heteroatoms. The number of carbonyl (C=O) groups is 3. The van der Waals surface area contributed by atoms with Crippen molar-refractivity contribution in [3.05, 3.63) is 35.9 Å². The van der Waals surface area contributed by atoms with Crippen molar-refractivity contribution >= 4 is 18.0 Å². The van der Waals surface area contributed by atoms with Gasteiger partial charge in [-0.3, -0.25) is 9.59 Å². The van der Waals surface area contributed by atoms with Gasteiger partial charge in [-0.05, 0) is 18.4 Å². The molecule has 2 N–H and O–H groups in total. The summed E-state index contributed by atoms with van der Waals surface area (Å²) in [6.45, 7) is 0.619. The predicted octanol–water partition coefficient (Wildman–Crippen LogP) is 1.01. The fourth-order valence-electron chi connectivity index (χ4n) is 2.43. The summed E-state index contributed by atoms with van der Waals surface area (Å²) in [7, 11) is 0. The number of carboxylic acid groups (broad SMARTS) is 1. The van der Waals surface area contributed by atoms with Crippen molar-refractivity contribution in [2.24, 2.45) is 0 Å². The summed E-state index contributed by atoms with van der Waals surface area (Å²) in [5.41, 5.74) is 0.932. The topological polar surface area (TPSA) is 105 Å². The summed E-state index contributed by atoms with van der Waals surface area (Å²) in [6.07, 6.45) is 0.717. The van der Waals surface area contributed by atoms with Crippen molar-refractivity contribution in [2.75, 3.05) is 26.2 Å². The van der Waals surface area contributed by atoms with Gasteiger partial charge in [0.25, 0.3) is 0 Å². The van der Waals surface area contributed by atoms with E-state index in [-0.39, 0.29) is 25.4 Å². The second kappa shape index (κ2) is 9.63. The van der Waals surface area contributed by atoms with Gasteiger partial charge in [0.2, 0.25) is 5.91 Å². The smallest absolute Gasteiger partial charge is 0.410 e. The number of benzene rings is 1. The zero-order valence-electron chi connectivity index (χ0n) is 13.8. The van der Waals surface area contributed by atoms with Gasteiger partial charge in [-0.15, -0.1) is 0 Å². The number of hydrogen-bond donors (Lipinski definition) is 2. The minimum absolute atomic E-state index is 0.131. The second-order valence-electron chi connectivity index (χ2n) is 5.71. The van der Waals surface area contributed by atoms with Gasteiger partial charge in [0.05, 0.1) is 6.10 Å². The van der Waals surface area contributed by atoms with Crippen LogP contribution in [0.15, 0.2) is 30.3 Å². The van der Waals surface area contributed by atoms with Crippen LogP contribution < -0.4 is 5.32 Å². The molecule has 1 aromatic carbocycles. The lowest BCUT2D eigenvalue weighted by molar-refractivity contribution is -0.139. The van der Waals surface area contributed by atoms with E-state index in [0.29, 0.717) is 25.9 Å². The maximum atomic E-state index is 12.0. The van der Waals surface area contributed by atoms with Crippen LogP contribution in [0.25, 0.3) is 0 Å². The van der Waals surface area contributed by atoms with Crippen LogP contribution in [0.2, 0.25) is 0 Å².